The molecule has 2 aromatic carbocycles. The summed E-state index contributed by atoms with van der Waals surface area (Å²) in [6.45, 7) is 5.51. The van der Waals surface area contributed by atoms with Crippen LogP contribution in [0.5, 0.6) is 0 Å². The van der Waals surface area contributed by atoms with Gasteiger partial charge in [0.15, 0.2) is 0 Å². The summed E-state index contributed by atoms with van der Waals surface area (Å²) in [5.74, 6) is -0.853. The molecule has 1 N–H and O–H groups in total. The first-order valence-electron chi connectivity index (χ1n) is 9.20. The van der Waals surface area contributed by atoms with Crippen LogP contribution in [0.25, 0.3) is 6.08 Å². The van der Waals surface area contributed by atoms with E-state index in [1.807, 2.05) is 69.3 Å². The van der Waals surface area contributed by atoms with Gasteiger partial charge in [-0.2, -0.15) is 0 Å². The minimum Gasteiger partial charge on any atom is -0.324 e. The van der Waals surface area contributed by atoms with Gasteiger partial charge in [-0.3, -0.25) is 19.3 Å². The van der Waals surface area contributed by atoms with E-state index in [9.17, 15) is 14.4 Å². The average Bonchev–Trinajstić information content (AvgIpc) is 2.93. The largest absolute Gasteiger partial charge is 0.324 e. The predicted molar refractivity (Wildman–Crippen MR) is 118 cm³/mol. The molecule has 0 aromatic heterocycles. The molecule has 5 nitrogen and oxygen atoms in total. The van der Waals surface area contributed by atoms with Crippen LogP contribution < -0.4 is 5.32 Å². The first-order valence-corrected chi connectivity index (χ1v) is 10.0. The Kier molecular flexibility index (Phi) is 6.34. The molecule has 0 aliphatic carbocycles. The molecule has 0 unspecified atom stereocenters. The number of nitrogens with zero attached hydrogens (tertiary/aromatic N) is 1. The highest BCUT2D eigenvalue weighted by Gasteiger charge is 2.36. The van der Waals surface area contributed by atoms with E-state index < -0.39 is 17.1 Å². The Morgan fingerprint density at radius 2 is 1.72 bits per heavy atom. The van der Waals surface area contributed by atoms with Crippen molar-refractivity contribution in [3.05, 3.63) is 81.8 Å². The number of aryl methyl sites for hydroxylation is 3. The van der Waals surface area contributed by atoms with Crippen molar-refractivity contribution in [1.82, 2.24) is 4.90 Å². The zero-order chi connectivity index (χ0) is 21.0. The lowest BCUT2D eigenvalue weighted by molar-refractivity contribution is -0.127. The molecule has 6 heteroatoms. The van der Waals surface area contributed by atoms with Crippen LogP contribution in [0, 0.1) is 20.8 Å². The fourth-order valence-electron chi connectivity index (χ4n) is 3.16. The number of thioether (sulfide) groups is 1. The third kappa shape index (κ3) is 5.03. The summed E-state index contributed by atoms with van der Waals surface area (Å²) < 4.78 is 0. The van der Waals surface area contributed by atoms with E-state index >= 15 is 0 Å². The lowest BCUT2D eigenvalue weighted by Crippen LogP contribution is -2.36. The number of rotatable bonds is 5. The summed E-state index contributed by atoms with van der Waals surface area (Å²) in [6, 6.07) is 13.6. The number of hydrogen-bond donors (Lipinski definition) is 1. The number of carbonyl (C=O) groups is 3. The minimum atomic E-state index is -0.454. The quantitative estimate of drug-likeness (QED) is 0.722. The van der Waals surface area contributed by atoms with Crippen molar-refractivity contribution >= 4 is 40.6 Å². The second-order valence-electron chi connectivity index (χ2n) is 6.88. The molecular weight excluding hydrogens is 384 g/mol. The van der Waals surface area contributed by atoms with Crippen LogP contribution in [-0.4, -0.2) is 28.5 Å². The SMILES string of the molecule is Cc1cc(C)c(NC(=O)CN2C(=O)S/C(=C/C=C/c3ccccc3)C2=O)c(C)c1. The van der Waals surface area contributed by atoms with Crippen LogP contribution in [0.15, 0.2) is 59.5 Å². The van der Waals surface area contributed by atoms with Crippen molar-refractivity contribution in [3.63, 3.8) is 0 Å². The Balaban J connectivity index is 1.66. The third-order valence-electron chi connectivity index (χ3n) is 4.45. The van der Waals surface area contributed by atoms with Crippen LogP contribution in [0.2, 0.25) is 0 Å². The van der Waals surface area contributed by atoms with Gasteiger partial charge in [-0.05, 0) is 55.3 Å². The summed E-state index contributed by atoms with van der Waals surface area (Å²) in [6.07, 6.45) is 5.18. The Labute approximate surface area is 174 Å². The molecule has 0 atom stereocenters. The van der Waals surface area contributed by atoms with Crippen molar-refractivity contribution in [3.8, 4) is 0 Å². The highest BCUT2D eigenvalue weighted by atomic mass is 32.2. The normalized spacial score (nSPS) is 15.6. The standard InChI is InChI=1S/C23H22N2O3S/c1-15-12-16(2)21(17(3)13-15)24-20(26)14-25-22(27)19(29-23(25)28)11-7-10-18-8-5-4-6-9-18/h4-13H,14H2,1-3H3,(H,24,26)/b10-7+,19-11+. The Morgan fingerprint density at radius 1 is 1.07 bits per heavy atom. The summed E-state index contributed by atoms with van der Waals surface area (Å²) in [5.41, 5.74) is 4.70. The van der Waals surface area contributed by atoms with Gasteiger partial charge in [0.2, 0.25) is 5.91 Å². The van der Waals surface area contributed by atoms with Gasteiger partial charge in [-0.15, -0.1) is 0 Å². The molecule has 3 amide bonds. The fourth-order valence-corrected chi connectivity index (χ4v) is 3.95. The molecule has 0 radical (unpaired) electrons. The smallest absolute Gasteiger partial charge is 0.294 e. The molecule has 2 aromatic rings. The van der Waals surface area contributed by atoms with Crippen LogP contribution in [-0.2, 0) is 9.59 Å². The number of hydrogen-bond acceptors (Lipinski definition) is 4. The van der Waals surface area contributed by atoms with Crippen molar-refractivity contribution in [2.45, 2.75) is 20.8 Å². The van der Waals surface area contributed by atoms with E-state index in [0.29, 0.717) is 10.6 Å². The van der Waals surface area contributed by atoms with Crippen molar-refractivity contribution in [1.29, 1.82) is 0 Å². The average molecular weight is 407 g/mol. The van der Waals surface area contributed by atoms with Gasteiger partial charge in [0.25, 0.3) is 11.1 Å². The molecule has 29 heavy (non-hydrogen) atoms. The van der Waals surface area contributed by atoms with Gasteiger partial charge in [0, 0.05) is 5.69 Å². The number of anilines is 1. The van der Waals surface area contributed by atoms with Gasteiger partial charge >= 0.3 is 0 Å². The fraction of sp³-hybridized carbons (Fsp3) is 0.174. The zero-order valence-electron chi connectivity index (χ0n) is 16.6. The minimum absolute atomic E-state index is 0.303. The molecule has 3 rings (SSSR count). The van der Waals surface area contributed by atoms with Crippen molar-refractivity contribution in [2.24, 2.45) is 0 Å². The summed E-state index contributed by atoms with van der Waals surface area (Å²) in [5, 5.41) is 2.38. The predicted octanol–water partition coefficient (Wildman–Crippen LogP) is 4.84. The number of imide groups is 1. The molecule has 1 fully saturated rings. The monoisotopic (exact) mass is 406 g/mol. The first-order chi connectivity index (χ1) is 13.8. The number of allylic oxidation sites excluding steroid dienone is 2. The molecule has 1 aliphatic heterocycles. The van der Waals surface area contributed by atoms with Gasteiger partial charge in [-0.1, -0.05) is 60.2 Å². The molecule has 1 saturated heterocycles. The number of nitrogens with one attached hydrogen (secondary N) is 1. The lowest BCUT2D eigenvalue weighted by Gasteiger charge is -2.15. The van der Waals surface area contributed by atoms with E-state index in [4.69, 9.17) is 0 Å². The molecule has 0 saturated carbocycles. The third-order valence-corrected chi connectivity index (χ3v) is 5.38. The maximum atomic E-state index is 12.5. The molecule has 0 spiro atoms. The maximum Gasteiger partial charge on any atom is 0.294 e. The van der Waals surface area contributed by atoms with E-state index in [1.54, 1.807) is 12.2 Å². The highest BCUT2D eigenvalue weighted by molar-refractivity contribution is 8.18. The van der Waals surface area contributed by atoms with E-state index in [1.165, 1.54) is 0 Å². The first kappa shape index (κ1) is 20.6. The van der Waals surface area contributed by atoms with Gasteiger partial charge < -0.3 is 5.32 Å². The number of amides is 3. The maximum absolute atomic E-state index is 12.5. The second-order valence-corrected chi connectivity index (χ2v) is 7.88. The Hall–Kier alpha value is -3.12. The summed E-state index contributed by atoms with van der Waals surface area (Å²) in [7, 11) is 0. The van der Waals surface area contributed by atoms with Crippen LogP contribution in [0.3, 0.4) is 0 Å². The van der Waals surface area contributed by atoms with Gasteiger partial charge in [0.1, 0.15) is 6.54 Å². The molecule has 1 heterocycles. The number of benzene rings is 2. The summed E-state index contributed by atoms with van der Waals surface area (Å²) >= 11 is 0.841. The van der Waals surface area contributed by atoms with Gasteiger partial charge in [0.05, 0.1) is 4.91 Å². The molecule has 1 aliphatic rings. The van der Waals surface area contributed by atoms with Crippen molar-refractivity contribution in [2.75, 3.05) is 11.9 Å². The Morgan fingerprint density at radius 3 is 2.38 bits per heavy atom. The molecule has 0 bridgehead atoms. The van der Waals surface area contributed by atoms with E-state index in [2.05, 4.69) is 5.32 Å². The Bertz CT molecular complexity index is 1000. The van der Waals surface area contributed by atoms with Crippen LogP contribution >= 0.6 is 11.8 Å². The van der Waals surface area contributed by atoms with Crippen molar-refractivity contribution < 1.29 is 14.4 Å². The molecular formula is C23H22N2O3S. The van der Waals surface area contributed by atoms with E-state index in [-0.39, 0.29) is 6.54 Å². The summed E-state index contributed by atoms with van der Waals surface area (Å²) in [4.78, 5) is 38.5. The van der Waals surface area contributed by atoms with E-state index in [0.717, 1.165) is 38.9 Å². The molecule has 148 valence electrons. The zero-order valence-corrected chi connectivity index (χ0v) is 17.4. The van der Waals surface area contributed by atoms with Gasteiger partial charge in [-0.25, -0.2) is 0 Å². The lowest BCUT2D eigenvalue weighted by atomic mass is 10.1. The topological polar surface area (TPSA) is 66.5 Å². The van der Waals surface area contributed by atoms with Crippen LogP contribution in [0.4, 0.5) is 10.5 Å². The number of carbonyl (C=O) groups excluding carboxylic acids is 3. The second kappa shape index (κ2) is 8.92. The van der Waals surface area contributed by atoms with Crippen LogP contribution in [0.1, 0.15) is 22.3 Å². The highest BCUT2D eigenvalue weighted by Crippen LogP contribution is 2.30.